The maximum absolute atomic E-state index is 5.98. The highest BCUT2D eigenvalue weighted by Crippen LogP contribution is 2.27. The summed E-state index contributed by atoms with van der Waals surface area (Å²) in [4.78, 5) is 0. The third kappa shape index (κ3) is 4.74. The second-order valence-corrected chi connectivity index (χ2v) is 6.92. The number of benzene rings is 2. The minimum Gasteiger partial charge on any atom is -0.497 e. The summed E-state index contributed by atoms with van der Waals surface area (Å²) in [6, 6.07) is 18.5. The number of methoxy groups -OCH3 is 1. The molecule has 0 aliphatic heterocycles. The molecule has 130 valence electrons. The van der Waals surface area contributed by atoms with E-state index in [4.69, 9.17) is 9.15 Å². The lowest BCUT2D eigenvalue weighted by molar-refractivity contribution is 0.414. The van der Waals surface area contributed by atoms with Crippen molar-refractivity contribution in [3.63, 3.8) is 0 Å². The van der Waals surface area contributed by atoms with Gasteiger partial charge in [-0.1, -0.05) is 28.1 Å². The fourth-order valence-corrected chi connectivity index (χ4v) is 3.23. The lowest BCUT2D eigenvalue weighted by atomic mass is 10.1. The molecule has 0 saturated heterocycles. The molecule has 0 aliphatic rings. The first-order valence-corrected chi connectivity index (χ1v) is 9.14. The van der Waals surface area contributed by atoms with Gasteiger partial charge in [0.1, 0.15) is 17.3 Å². The highest BCUT2D eigenvalue weighted by atomic mass is 79.9. The normalized spacial score (nSPS) is 10.8. The summed E-state index contributed by atoms with van der Waals surface area (Å²) in [5.74, 6) is 2.76. The molecule has 0 unspecified atom stereocenters. The Kier molecular flexibility index (Phi) is 5.95. The molecular formula is C21H22BrNO2. The van der Waals surface area contributed by atoms with Crippen LogP contribution in [0.1, 0.15) is 16.9 Å². The van der Waals surface area contributed by atoms with Gasteiger partial charge in [-0.2, -0.15) is 0 Å². The van der Waals surface area contributed by atoms with Gasteiger partial charge in [0, 0.05) is 10.0 Å². The van der Waals surface area contributed by atoms with Gasteiger partial charge in [0.2, 0.25) is 0 Å². The van der Waals surface area contributed by atoms with Crippen molar-refractivity contribution in [1.29, 1.82) is 0 Å². The van der Waals surface area contributed by atoms with Gasteiger partial charge in [0.05, 0.1) is 13.7 Å². The van der Waals surface area contributed by atoms with E-state index in [1.54, 1.807) is 7.11 Å². The van der Waals surface area contributed by atoms with Gasteiger partial charge in [-0.25, -0.2) is 0 Å². The molecule has 3 nitrogen and oxygen atoms in total. The van der Waals surface area contributed by atoms with E-state index < -0.39 is 0 Å². The van der Waals surface area contributed by atoms with Crippen molar-refractivity contribution < 1.29 is 9.15 Å². The summed E-state index contributed by atoms with van der Waals surface area (Å²) >= 11 is 3.50. The number of hydrogen-bond donors (Lipinski definition) is 1. The first kappa shape index (κ1) is 17.8. The number of furan rings is 1. The molecule has 25 heavy (non-hydrogen) atoms. The van der Waals surface area contributed by atoms with E-state index in [9.17, 15) is 0 Å². The van der Waals surface area contributed by atoms with Crippen LogP contribution >= 0.6 is 15.9 Å². The Hall–Kier alpha value is -2.04. The van der Waals surface area contributed by atoms with Crippen LogP contribution in [0, 0.1) is 6.92 Å². The quantitative estimate of drug-likeness (QED) is 0.543. The molecule has 0 saturated carbocycles. The molecule has 0 amide bonds. The van der Waals surface area contributed by atoms with Crippen LogP contribution in [0.15, 0.2) is 63.5 Å². The Bertz CT molecular complexity index is 824. The first-order chi connectivity index (χ1) is 12.2. The van der Waals surface area contributed by atoms with Crippen LogP contribution < -0.4 is 10.1 Å². The molecule has 0 fully saturated rings. The minimum absolute atomic E-state index is 0.728. The van der Waals surface area contributed by atoms with Gasteiger partial charge >= 0.3 is 0 Å². The third-order valence-corrected chi connectivity index (χ3v) is 4.66. The number of hydrogen-bond acceptors (Lipinski definition) is 3. The smallest absolute Gasteiger partial charge is 0.134 e. The van der Waals surface area contributed by atoms with E-state index >= 15 is 0 Å². The summed E-state index contributed by atoms with van der Waals surface area (Å²) in [7, 11) is 1.68. The highest BCUT2D eigenvalue weighted by Gasteiger charge is 2.07. The predicted octanol–water partition coefficient (Wildman–Crippen LogP) is 5.36. The molecule has 0 aliphatic carbocycles. The van der Waals surface area contributed by atoms with Crippen molar-refractivity contribution in [2.24, 2.45) is 0 Å². The molecule has 4 heteroatoms. The molecule has 3 aromatic rings. The topological polar surface area (TPSA) is 34.4 Å². The van der Waals surface area contributed by atoms with Crippen molar-refractivity contribution in [2.75, 3.05) is 13.7 Å². The van der Waals surface area contributed by atoms with Crippen molar-refractivity contribution >= 4 is 15.9 Å². The Morgan fingerprint density at radius 2 is 1.84 bits per heavy atom. The second kappa shape index (κ2) is 8.37. The Morgan fingerprint density at radius 1 is 1.04 bits per heavy atom. The Labute approximate surface area is 157 Å². The zero-order valence-corrected chi connectivity index (χ0v) is 16.1. The molecule has 0 radical (unpaired) electrons. The standard InChI is InChI=1S/C21H22BrNO2/c1-15-13-17(22)5-9-20(15)21-10-8-19(25-21)14-23-12-11-16-3-6-18(24-2)7-4-16/h3-10,13,23H,11-12,14H2,1-2H3. The van der Waals surface area contributed by atoms with Crippen LogP contribution in [0.25, 0.3) is 11.3 Å². The maximum atomic E-state index is 5.98. The summed E-state index contributed by atoms with van der Waals surface area (Å²) in [6.45, 7) is 3.72. The van der Waals surface area contributed by atoms with Crippen molar-refractivity contribution in [3.8, 4) is 17.1 Å². The van der Waals surface area contributed by atoms with E-state index in [2.05, 4.69) is 52.4 Å². The van der Waals surface area contributed by atoms with Crippen molar-refractivity contribution in [1.82, 2.24) is 5.32 Å². The average molecular weight is 400 g/mol. The number of halogens is 1. The van der Waals surface area contributed by atoms with Crippen LogP contribution in [0.5, 0.6) is 5.75 Å². The van der Waals surface area contributed by atoms with E-state index in [0.29, 0.717) is 0 Å². The monoisotopic (exact) mass is 399 g/mol. The predicted molar refractivity (Wildman–Crippen MR) is 105 cm³/mol. The third-order valence-electron chi connectivity index (χ3n) is 4.16. The van der Waals surface area contributed by atoms with E-state index in [-0.39, 0.29) is 0 Å². The largest absolute Gasteiger partial charge is 0.497 e. The van der Waals surface area contributed by atoms with Gasteiger partial charge in [0.25, 0.3) is 0 Å². The maximum Gasteiger partial charge on any atom is 0.134 e. The molecule has 2 aromatic carbocycles. The molecule has 1 aromatic heterocycles. The van der Waals surface area contributed by atoms with Crippen LogP contribution in [0.2, 0.25) is 0 Å². The molecule has 0 atom stereocenters. The van der Waals surface area contributed by atoms with Gasteiger partial charge in [-0.3, -0.25) is 0 Å². The summed E-state index contributed by atoms with van der Waals surface area (Å²) in [5, 5.41) is 3.43. The van der Waals surface area contributed by atoms with E-state index in [0.717, 1.165) is 46.8 Å². The van der Waals surface area contributed by atoms with Crippen LogP contribution in [-0.4, -0.2) is 13.7 Å². The van der Waals surface area contributed by atoms with Crippen LogP contribution in [0.3, 0.4) is 0 Å². The van der Waals surface area contributed by atoms with E-state index in [1.807, 2.05) is 30.3 Å². The van der Waals surface area contributed by atoms with Gasteiger partial charge in [-0.15, -0.1) is 0 Å². The molecule has 0 bridgehead atoms. The Balaban J connectivity index is 1.51. The number of rotatable bonds is 7. The molecular weight excluding hydrogens is 378 g/mol. The molecule has 1 heterocycles. The number of aryl methyl sites for hydroxylation is 1. The van der Waals surface area contributed by atoms with Gasteiger partial charge in [0.15, 0.2) is 0 Å². The minimum atomic E-state index is 0.728. The summed E-state index contributed by atoms with van der Waals surface area (Å²) < 4.78 is 12.2. The second-order valence-electron chi connectivity index (χ2n) is 6.00. The average Bonchev–Trinajstić information content (AvgIpc) is 3.08. The lowest BCUT2D eigenvalue weighted by Gasteiger charge is -2.05. The zero-order chi connectivity index (χ0) is 17.6. The van der Waals surface area contributed by atoms with Crippen molar-refractivity contribution in [2.45, 2.75) is 19.9 Å². The van der Waals surface area contributed by atoms with Gasteiger partial charge in [-0.05, 0) is 73.5 Å². The number of nitrogens with one attached hydrogen (secondary N) is 1. The fraction of sp³-hybridized carbons (Fsp3) is 0.238. The molecule has 1 N–H and O–H groups in total. The Morgan fingerprint density at radius 3 is 2.56 bits per heavy atom. The lowest BCUT2D eigenvalue weighted by Crippen LogP contribution is -2.16. The van der Waals surface area contributed by atoms with Crippen molar-refractivity contribution in [3.05, 3.63) is 76.0 Å². The fourth-order valence-electron chi connectivity index (χ4n) is 2.76. The van der Waals surface area contributed by atoms with Gasteiger partial charge < -0.3 is 14.5 Å². The summed E-state index contributed by atoms with van der Waals surface area (Å²) in [5.41, 5.74) is 3.62. The SMILES string of the molecule is COc1ccc(CCNCc2ccc(-c3ccc(Br)cc3C)o2)cc1. The zero-order valence-electron chi connectivity index (χ0n) is 14.5. The van der Waals surface area contributed by atoms with Crippen LogP contribution in [-0.2, 0) is 13.0 Å². The van der Waals surface area contributed by atoms with E-state index in [1.165, 1.54) is 11.1 Å². The molecule has 3 rings (SSSR count). The highest BCUT2D eigenvalue weighted by molar-refractivity contribution is 9.10. The summed E-state index contributed by atoms with van der Waals surface area (Å²) in [6.07, 6.45) is 0.976. The number of ether oxygens (including phenoxy) is 1. The first-order valence-electron chi connectivity index (χ1n) is 8.34. The molecule has 0 spiro atoms. The van der Waals surface area contributed by atoms with Crippen LogP contribution in [0.4, 0.5) is 0 Å².